The Hall–Kier alpha value is -2.40. The van der Waals surface area contributed by atoms with Crippen LogP contribution in [0.3, 0.4) is 0 Å². The van der Waals surface area contributed by atoms with Crippen molar-refractivity contribution in [3.63, 3.8) is 0 Å². The van der Waals surface area contributed by atoms with Crippen LogP contribution in [0.5, 0.6) is 23.0 Å². The maximum Gasteiger partial charge on any atom is 0.126 e. The number of rotatable bonds is 8. The Bertz CT molecular complexity index is 672. The lowest BCUT2D eigenvalue weighted by Gasteiger charge is -2.20. The van der Waals surface area contributed by atoms with Crippen molar-refractivity contribution in [2.45, 2.75) is 12.3 Å². The number of hydrogen-bond acceptors (Lipinski definition) is 5. The summed E-state index contributed by atoms with van der Waals surface area (Å²) < 4.78 is 21.6. The van der Waals surface area contributed by atoms with Gasteiger partial charge >= 0.3 is 0 Å². The summed E-state index contributed by atoms with van der Waals surface area (Å²) in [5, 5.41) is 0. The molecule has 1 unspecified atom stereocenters. The second kappa shape index (κ2) is 8.45. The van der Waals surface area contributed by atoms with Gasteiger partial charge in [-0.15, -0.1) is 0 Å². The standard InChI is InChI=1S/C19H25NO4/c1-21-15-6-8-18(23-3)13(10-15)9-14(12-20)17-7-5-16(22-2)11-19(17)24-4/h5-8,10-11,14H,9,12,20H2,1-4H3. The lowest BCUT2D eigenvalue weighted by Crippen LogP contribution is -2.16. The first kappa shape index (κ1) is 17.9. The van der Waals surface area contributed by atoms with Crippen LogP contribution in [-0.2, 0) is 6.42 Å². The maximum absolute atomic E-state index is 6.05. The Morgan fingerprint density at radius 1 is 0.792 bits per heavy atom. The summed E-state index contributed by atoms with van der Waals surface area (Å²) in [5.41, 5.74) is 8.14. The molecule has 0 bridgehead atoms. The van der Waals surface area contributed by atoms with Gasteiger partial charge in [-0.25, -0.2) is 0 Å². The van der Waals surface area contributed by atoms with Crippen LogP contribution < -0.4 is 24.7 Å². The molecule has 2 rings (SSSR count). The number of nitrogens with two attached hydrogens (primary N) is 1. The molecule has 0 aliphatic rings. The van der Waals surface area contributed by atoms with Gasteiger partial charge in [0.05, 0.1) is 28.4 Å². The van der Waals surface area contributed by atoms with E-state index in [1.54, 1.807) is 28.4 Å². The zero-order chi connectivity index (χ0) is 17.5. The molecule has 0 amide bonds. The van der Waals surface area contributed by atoms with Gasteiger partial charge in [-0.05, 0) is 48.4 Å². The van der Waals surface area contributed by atoms with Gasteiger partial charge < -0.3 is 24.7 Å². The van der Waals surface area contributed by atoms with Gasteiger partial charge in [0.1, 0.15) is 23.0 Å². The minimum Gasteiger partial charge on any atom is -0.497 e. The molecule has 0 saturated carbocycles. The molecule has 0 spiro atoms. The predicted molar refractivity (Wildman–Crippen MR) is 94.6 cm³/mol. The lowest BCUT2D eigenvalue weighted by molar-refractivity contribution is 0.386. The van der Waals surface area contributed by atoms with Gasteiger partial charge in [0.15, 0.2) is 0 Å². The molecule has 0 heterocycles. The summed E-state index contributed by atoms with van der Waals surface area (Å²) in [5.74, 6) is 3.23. The number of ether oxygens (including phenoxy) is 4. The van der Waals surface area contributed by atoms with E-state index in [-0.39, 0.29) is 5.92 Å². The number of methoxy groups -OCH3 is 4. The van der Waals surface area contributed by atoms with E-state index in [9.17, 15) is 0 Å². The molecule has 2 aromatic carbocycles. The average Bonchev–Trinajstić information content (AvgIpc) is 2.65. The normalized spacial score (nSPS) is 11.7. The van der Waals surface area contributed by atoms with Gasteiger partial charge in [0.2, 0.25) is 0 Å². The van der Waals surface area contributed by atoms with E-state index in [2.05, 4.69) is 0 Å². The first-order chi connectivity index (χ1) is 11.7. The lowest BCUT2D eigenvalue weighted by atomic mass is 9.90. The Balaban J connectivity index is 2.36. The topological polar surface area (TPSA) is 62.9 Å². The Labute approximate surface area is 143 Å². The summed E-state index contributed by atoms with van der Waals surface area (Å²) in [6.45, 7) is 0.489. The highest BCUT2D eigenvalue weighted by molar-refractivity contribution is 5.46. The van der Waals surface area contributed by atoms with Gasteiger partial charge in [0.25, 0.3) is 0 Å². The van der Waals surface area contributed by atoms with E-state index in [4.69, 9.17) is 24.7 Å². The molecular weight excluding hydrogens is 306 g/mol. The molecule has 0 saturated heterocycles. The predicted octanol–water partition coefficient (Wildman–Crippen LogP) is 3.01. The third-order valence-electron chi connectivity index (χ3n) is 4.12. The Morgan fingerprint density at radius 3 is 2.00 bits per heavy atom. The monoisotopic (exact) mass is 331 g/mol. The van der Waals surface area contributed by atoms with Crippen LogP contribution in [0.2, 0.25) is 0 Å². The summed E-state index contributed by atoms with van der Waals surface area (Å²) in [4.78, 5) is 0. The molecule has 0 aliphatic heterocycles. The van der Waals surface area contributed by atoms with Crippen molar-refractivity contribution < 1.29 is 18.9 Å². The molecule has 24 heavy (non-hydrogen) atoms. The zero-order valence-electron chi connectivity index (χ0n) is 14.7. The fraction of sp³-hybridized carbons (Fsp3) is 0.368. The highest BCUT2D eigenvalue weighted by Gasteiger charge is 2.18. The molecule has 1 atom stereocenters. The third-order valence-corrected chi connectivity index (χ3v) is 4.12. The van der Waals surface area contributed by atoms with Gasteiger partial charge in [-0.2, -0.15) is 0 Å². The van der Waals surface area contributed by atoms with E-state index < -0.39 is 0 Å². The molecule has 5 nitrogen and oxygen atoms in total. The first-order valence-corrected chi connectivity index (χ1v) is 7.79. The summed E-state index contributed by atoms with van der Waals surface area (Å²) in [7, 11) is 6.60. The summed E-state index contributed by atoms with van der Waals surface area (Å²) in [6.07, 6.45) is 0.722. The summed E-state index contributed by atoms with van der Waals surface area (Å²) >= 11 is 0. The van der Waals surface area contributed by atoms with Crippen molar-refractivity contribution in [1.29, 1.82) is 0 Å². The van der Waals surface area contributed by atoms with Gasteiger partial charge in [0, 0.05) is 12.0 Å². The van der Waals surface area contributed by atoms with Crippen molar-refractivity contribution in [2.24, 2.45) is 5.73 Å². The van der Waals surface area contributed by atoms with Crippen molar-refractivity contribution in [3.05, 3.63) is 47.5 Å². The molecule has 130 valence electrons. The fourth-order valence-corrected chi connectivity index (χ4v) is 2.78. The van der Waals surface area contributed by atoms with Crippen LogP contribution in [0.1, 0.15) is 17.0 Å². The molecular formula is C19H25NO4. The van der Waals surface area contributed by atoms with Crippen LogP contribution in [0, 0.1) is 0 Å². The van der Waals surface area contributed by atoms with Crippen LogP contribution >= 0.6 is 0 Å². The molecule has 0 radical (unpaired) electrons. The van der Waals surface area contributed by atoms with Crippen molar-refractivity contribution in [3.8, 4) is 23.0 Å². The van der Waals surface area contributed by atoms with Crippen molar-refractivity contribution in [1.82, 2.24) is 0 Å². The summed E-state index contributed by atoms with van der Waals surface area (Å²) in [6, 6.07) is 11.6. The quantitative estimate of drug-likeness (QED) is 0.805. The highest BCUT2D eigenvalue weighted by atomic mass is 16.5. The van der Waals surface area contributed by atoms with E-state index in [1.807, 2.05) is 36.4 Å². The molecule has 2 N–H and O–H groups in total. The van der Waals surface area contributed by atoms with Crippen LogP contribution in [0.25, 0.3) is 0 Å². The largest absolute Gasteiger partial charge is 0.497 e. The second-order valence-corrected chi connectivity index (χ2v) is 5.42. The van der Waals surface area contributed by atoms with Crippen LogP contribution in [-0.4, -0.2) is 35.0 Å². The molecule has 2 aromatic rings. The fourth-order valence-electron chi connectivity index (χ4n) is 2.78. The first-order valence-electron chi connectivity index (χ1n) is 7.79. The van der Waals surface area contributed by atoms with E-state index in [0.29, 0.717) is 6.54 Å². The van der Waals surface area contributed by atoms with E-state index in [1.165, 1.54) is 0 Å². The van der Waals surface area contributed by atoms with Crippen molar-refractivity contribution in [2.75, 3.05) is 35.0 Å². The average molecular weight is 331 g/mol. The van der Waals surface area contributed by atoms with Gasteiger partial charge in [-0.3, -0.25) is 0 Å². The zero-order valence-corrected chi connectivity index (χ0v) is 14.7. The van der Waals surface area contributed by atoms with Gasteiger partial charge in [-0.1, -0.05) is 6.07 Å². The Kier molecular flexibility index (Phi) is 6.32. The van der Waals surface area contributed by atoms with E-state index in [0.717, 1.165) is 40.5 Å². The molecule has 0 aliphatic carbocycles. The van der Waals surface area contributed by atoms with Crippen LogP contribution in [0.15, 0.2) is 36.4 Å². The second-order valence-electron chi connectivity index (χ2n) is 5.42. The molecule has 5 heteroatoms. The smallest absolute Gasteiger partial charge is 0.126 e. The minimum atomic E-state index is 0.0897. The molecule has 0 fully saturated rings. The van der Waals surface area contributed by atoms with Crippen LogP contribution in [0.4, 0.5) is 0 Å². The number of hydrogen-bond donors (Lipinski definition) is 1. The maximum atomic E-state index is 6.05. The molecule has 0 aromatic heterocycles. The highest BCUT2D eigenvalue weighted by Crippen LogP contribution is 2.34. The van der Waals surface area contributed by atoms with E-state index >= 15 is 0 Å². The minimum absolute atomic E-state index is 0.0897. The van der Waals surface area contributed by atoms with Crippen molar-refractivity contribution >= 4 is 0 Å². The third kappa shape index (κ3) is 3.92. The Morgan fingerprint density at radius 2 is 1.42 bits per heavy atom. The SMILES string of the molecule is COc1ccc(OC)c(CC(CN)c2ccc(OC)cc2OC)c1. The number of benzene rings is 2.